The summed E-state index contributed by atoms with van der Waals surface area (Å²) in [5.74, 6) is 25.1. The molecule has 13 atom stereocenters. The first-order valence-corrected chi connectivity index (χ1v) is 50.5. The number of piperidine rings is 4. The van der Waals surface area contributed by atoms with Crippen LogP contribution >= 0.6 is 0 Å². The van der Waals surface area contributed by atoms with Gasteiger partial charge in [-0.25, -0.2) is 4.90 Å². The second kappa shape index (κ2) is 58.6. The van der Waals surface area contributed by atoms with Gasteiger partial charge in [0.2, 0.25) is 5.91 Å². The molecule has 1 amide bonds. The third-order valence-electron chi connectivity index (χ3n) is 30.6. The molecule has 6 nitrogen and oxygen atoms in total. The lowest BCUT2D eigenvalue weighted by Gasteiger charge is -2.42. The van der Waals surface area contributed by atoms with E-state index >= 15 is 0 Å². The summed E-state index contributed by atoms with van der Waals surface area (Å²) in [4.78, 5) is 19.8. The Morgan fingerprint density at radius 1 is 0.353 bits per heavy atom. The molecule has 0 spiro atoms. The fraction of sp³-hybridized carbons (Fsp3) is 0.935. The molecule has 0 radical (unpaired) electrons. The van der Waals surface area contributed by atoms with Gasteiger partial charge in [-0.05, 0) is 319 Å². The molecule has 8 heteroatoms. The highest BCUT2D eigenvalue weighted by molar-refractivity contribution is 5.73. The van der Waals surface area contributed by atoms with Crippen LogP contribution in [0.5, 0.6) is 0 Å². The number of carbonyl (C=O) groups is 1. The van der Waals surface area contributed by atoms with Crippen molar-refractivity contribution < 1.29 is 18.3 Å². The monoisotopic (exact) mass is 1630 g/mol. The van der Waals surface area contributed by atoms with E-state index in [1.807, 2.05) is 4.90 Å². The summed E-state index contributed by atoms with van der Waals surface area (Å²) in [6.45, 7) is 97.0. The van der Waals surface area contributed by atoms with E-state index in [9.17, 15) is 13.6 Å². The molecule has 0 aromatic carbocycles. The van der Waals surface area contributed by atoms with Gasteiger partial charge in [0.15, 0.2) is 0 Å². The number of hydrogen-bond donors (Lipinski definition) is 0. The average Bonchev–Trinajstić information content (AvgIpc) is 1.22. The molecule has 5 aliphatic heterocycles. The molecule has 13 unspecified atom stereocenters. The maximum Gasteiger partial charge on any atom is 0.294 e. The molecule has 1 saturated carbocycles. The summed E-state index contributed by atoms with van der Waals surface area (Å²) in [6, 6.07) is 0. The van der Waals surface area contributed by atoms with E-state index < -0.39 is 6.55 Å². The second-order valence-electron chi connectivity index (χ2n) is 45.0. The number of hydrogen-bond acceptors (Lipinski definition) is 5. The number of amides is 1. The second-order valence-corrected chi connectivity index (χ2v) is 45.0. The standard InChI is InChI=1S/C13H25NO.C13H27N.C12H23F2N.C12H25N.C12H24.2C12H22.C11H22O.C11H20/c1-9(2)12-6-7-14(11(5)15)8-13(12)10(3)4;1-6-14-8-7-12(10(2)3)13(9-14)11(4)5;1-8(2)10-5-6-15(12(13)14)7-11(10)9(3)4;1-9(2)11-6-7-13(5)8-12(11)10(3)4;3*1-9(2)11-7-5-6-8-12(11)10(3)4;1-8(2)10-5-6-12-7-11(10)9(3)4;1-8(2)10-6-5-7-11(10)9(3)4/h9-10,12-13H,6-8H2,1-5H3;10-13H,6-9H2,1-5H3;8-12H,5-7H2,1-4H3;9-12H,6-8H2,1-5H3;9-12H,5-8H2,1-4H3;9-10H,5-8H2,1-4H3;7,9-10,12H,5-6,8H2,1-4H3;8-11H,5-7H2,1-4H3;8-9H,5-7H2,1-4H3. The lowest BCUT2D eigenvalue weighted by Crippen LogP contribution is -2.46. The molecule has 116 heavy (non-hydrogen) atoms. The summed E-state index contributed by atoms with van der Waals surface area (Å²) >= 11 is 0. The number of allylic oxidation sites excluding steroid dienone is 6. The van der Waals surface area contributed by atoms with E-state index in [-0.39, 0.29) is 5.91 Å². The van der Waals surface area contributed by atoms with Crippen molar-refractivity contribution in [1.29, 1.82) is 0 Å². The fourth-order valence-corrected chi connectivity index (χ4v) is 23.0. The molecular formula is C108H210F2N4O2. The van der Waals surface area contributed by atoms with E-state index in [4.69, 9.17) is 4.74 Å². The predicted octanol–water partition coefficient (Wildman–Crippen LogP) is 31.4. The third-order valence-corrected chi connectivity index (χ3v) is 30.6. The maximum atomic E-state index is 12.6. The summed E-state index contributed by atoms with van der Waals surface area (Å²) in [7, 11) is 2.26. The van der Waals surface area contributed by atoms with Crippen LogP contribution in [0.1, 0.15) is 385 Å². The van der Waals surface area contributed by atoms with Gasteiger partial charge in [-0.2, -0.15) is 8.78 Å². The Bertz CT molecular complexity index is 2500. The van der Waals surface area contributed by atoms with Gasteiger partial charge < -0.3 is 19.4 Å². The van der Waals surface area contributed by atoms with Crippen molar-refractivity contribution in [3.63, 3.8) is 0 Å². The zero-order valence-electron chi connectivity index (χ0n) is 85.6. The number of alkyl halides is 2. The van der Waals surface area contributed by atoms with Gasteiger partial charge in [-0.15, -0.1) is 0 Å². The van der Waals surface area contributed by atoms with E-state index in [1.54, 1.807) is 34.8 Å². The molecule has 0 N–H and O–H groups in total. The molecular weight excluding hydrogens is 1420 g/mol. The van der Waals surface area contributed by atoms with Crippen molar-refractivity contribution in [2.24, 2.45) is 183 Å². The highest BCUT2D eigenvalue weighted by Gasteiger charge is 2.39. The van der Waals surface area contributed by atoms with Crippen LogP contribution in [0.3, 0.4) is 0 Å². The topological polar surface area (TPSA) is 39.3 Å². The maximum absolute atomic E-state index is 12.6. The first kappa shape index (κ1) is 112. The molecule has 0 bridgehead atoms. The van der Waals surface area contributed by atoms with Crippen LogP contribution in [0.4, 0.5) is 8.78 Å². The van der Waals surface area contributed by atoms with Gasteiger partial charge >= 0.3 is 0 Å². The highest BCUT2D eigenvalue weighted by atomic mass is 19.3. The summed E-state index contributed by atoms with van der Waals surface area (Å²) < 4.78 is 30.7. The van der Waals surface area contributed by atoms with Gasteiger partial charge in [-0.3, -0.25) is 4.79 Å². The van der Waals surface area contributed by atoms with Gasteiger partial charge in [0.05, 0.1) is 0 Å². The van der Waals surface area contributed by atoms with Crippen molar-refractivity contribution in [3.8, 4) is 0 Å². The van der Waals surface area contributed by atoms with Crippen LogP contribution < -0.4 is 0 Å². The molecule has 9 rings (SSSR count). The number of rotatable bonds is 20. The van der Waals surface area contributed by atoms with Crippen LogP contribution in [-0.2, 0) is 9.53 Å². The Hall–Kier alpha value is -1.61. The van der Waals surface area contributed by atoms with Crippen molar-refractivity contribution in [1.82, 2.24) is 19.6 Å². The smallest absolute Gasteiger partial charge is 0.294 e. The Labute approximate surface area is 727 Å². The van der Waals surface area contributed by atoms with Gasteiger partial charge in [0, 0.05) is 59.4 Å². The molecule has 9 aliphatic rings. The Balaban J connectivity index is 0.000000654. The molecule has 688 valence electrons. The van der Waals surface area contributed by atoms with E-state index in [2.05, 4.69) is 279 Å². The fourth-order valence-electron chi connectivity index (χ4n) is 23.0. The van der Waals surface area contributed by atoms with Crippen molar-refractivity contribution >= 4 is 5.91 Å². The van der Waals surface area contributed by atoms with Crippen LogP contribution in [-0.4, -0.2) is 111 Å². The van der Waals surface area contributed by atoms with E-state index in [0.29, 0.717) is 48.6 Å². The predicted molar refractivity (Wildman–Crippen MR) is 513 cm³/mol. The van der Waals surface area contributed by atoms with Crippen LogP contribution in [0, 0.1) is 183 Å². The molecule has 0 aromatic rings. The molecule has 0 aromatic heterocycles. The van der Waals surface area contributed by atoms with Crippen molar-refractivity contribution in [2.75, 3.05) is 79.2 Å². The molecule has 4 aliphatic carbocycles. The van der Waals surface area contributed by atoms with Gasteiger partial charge in [0.1, 0.15) is 0 Å². The van der Waals surface area contributed by atoms with Crippen LogP contribution in [0.25, 0.3) is 0 Å². The third kappa shape index (κ3) is 40.1. The minimum atomic E-state index is -2.28. The van der Waals surface area contributed by atoms with Crippen LogP contribution in [0.2, 0.25) is 0 Å². The molecule has 5 saturated heterocycles. The van der Waals surface area contributed by atoms with E-state index in [0.717, 1.165) is 181 Å². The minimum Gasteiger partial charge on any atom is -0.381 e. The van der Waals surface area contributed by atoms with Crippen LogP contribution in [0.15, 0.2) is 33.9 Å². The number of nitrogens with zero attached hydrogens (tertiary/aromatic N) is 4. The summed E-state index contributed by atoms with van der Waals surface area (Å²) in [6.07, 6.45) is 28.4. The lowest BCUT2D eigenvalue weighted by atomic mass is 9.69. The first-order chi connectivity index (χ1) is 54.1. The van der Waals surface area contributed by atoms with E-state index in [1.165, 1.54) is 153 Å². The summed E-state index contributed by atoms with van der Waals surface area (Å²) in [5, 5.41) is 0. The van der Waals surface area contributed by atoms with Crippen molar-refractivity contribution in [2.45, 2.75) is 392 Å². The average molecular weight is 1630 g/mol. The first-order valence-electron chi connectivity index (χ1n) is 50.5. The number of likely N-dealkylation sites (tertiary alicyclic amines) is 4. The minimum absolute atomic E-state index is 0.239. The van der Waals surface area contributed by atoms with Gasteiger partial charge in [0.25, 0.3) is 6.55 Å². The highest BCUT2D eigenvalue weighted by Crippen LogP contribution is 2.43. The SMILES string of the molecule is CC(=O)N1CCC(C(C)C)C(C(C)C)C1.CC(C)C1=C(C(C)C)CCC1.CC(C)C1=C(C(C)C)CCCC1.CC(C)C1=CCCCC1C(C)C.CC(C)C1CCCCC1C(C)C.CC(C)C1CCN(C(F)F)CC1C(C)C.CC(C)C1CCN(C)CC1C(C)C.CC(C)C1CCOCC1C(C)C.CCN1CCC(C(C)C)C(C(C)C)C1. The number of carbonyl (C=O) groups excluding carboxylic acids is 1. The molecule has 6 fully saturated rings. The van der Waals surface area contributed by atoms with Crippen molar-refractivity contribution in [3.05, 3.63) is 33.9 Å². The largest absolute Gasteiger partial charge is 0.381 e. The number of ether oxygens (including phenoxy) is 1. The normalized spacial score (nSPS) is 27.5. The Morgan fingerprint density at radius 2 is 0.690 bits per heavy atom. The molecule has 5 heterocycles. The Morgan fingerprint density at radius 3 is 1.03 bits per heavy atom. The quantitative estimate of drug-likeness (QED) is 0.0897. The summed E-state index contributed by atoms with van der Waals surface area (Å²) in [5.41, 5.74) is 8.74. The zero-order valence-corrected chi connectivity index (χ0v) is 85.6. The zero-order chi connectivity index (χ0) is 88.9. The van der Waals surface area contributed by atoms with Gasteiger partial charge in [-0.1, -0.05) is 303 Å². The lowest BCUT2D eigenvalue weighted by molar-refractivity contribution is -0.132. The number of halogens is 2. The Kier molecular flexibility index (Phi) is 56.7.